The van der Waals surface area contributed by atoms with E-state index in [9.17, 15) is 4.79 Å². The highest BCUT2D eigenvalue weighted by atomic mass is 32.1. The van der Waals surface area contributed by atoms with Crippen LogP contribution < -0.4 is 0 Å². The highest BCUT2D eigenvalue weighted by Gasteiger charge is 2.05. The molecule has 0 heterocycles. The Labute approximate surface area is 53.3 Å². The number of rotatable bonds is 1. The maximum absolute atomic E-state index is 10.1. The van der Waals surface area contributed by atoms with Gasteiger partial charge in [-0.15, -0.1) is 0 Å². The standard InChI is InChI=1S/C3H6O2S2/c1-2(6)3(4)5-7/h2,6-7H,1H3. The second-order valence-corrected chi connectivity index (χ2v) is 2.04. The first-order chi connectivity index (χ1) is 3.18. The van der Waals surface area contributed by atoms with Gasteiger partial charge in [0.05, 0.1) is 5.25 Å². The Morgan fingerprint density at radius 3 is 2.29 bits per heavy atom. The third kappa shape index (κ3) is 2.82. The van der Waals surface area contributed by atoms with Gasteiger partial charge in [0.25, 0.3) is 0 Å². The molecule has 0 saturated heterocycles. The largest absolute Gasteiger partial charge is 0.394 e. The zero-order valence-electron chi connectivity index (χ0n) is 3.79. The molecule has 42 valence electrons. The Morgan fingerprint density at radius 1 is 1.86 bits per heavy atom. The molecular formula is C3H6O2S2. The lowest BCUT2D eigenvalue weighted by atomic mass is 10.5. The van der Waals surface area contributed by atoms with Gasteiger partial charge in [-0.05, 0) is 6.92 Å². The van der Waals surface area contributed by atoms with Crippen LogP contribution >= 0.6 is 25.5 Å². The second-order valence-electron chi connectivity index (χ2n) is 1.09. The molecule has 1 unspecified atom stereocenters. The number of carbonyl (C=O) groups is 1. The van der Waals surface area contributed by atoms with Crippen molar-refractivity contribution in [3.8, 4) is 0 Å². The van der Waals surface area contributed by atoms with Crippen LogP contribution in [0.25, 0.3) is 0 Å². The van der Waals surface area contributed by atoms with E-state index < -0.39 is 5.97 Å². The molecule has 0 aliphatic carbocycles. The van der Waals surface area contributed by atoms with E-state index in [0.29, 0.717) is 0 Å². The van der Waals surface area contributed by atoms with Crippen molar-refractivity contribution in [2.45, 2.75) is 12.2 Å². The minimum atomic E-state index is -0.424. The van der Waals surface area contributed by atoms with Crippen LogP contribution in [0.5, 0.6) is 0 Å². The van der Waals surface area contributed by atoms with E-state index in [1.54, 1.807) is 6.92 Å². The van der Waals surface area contributed by atoms with Gasteiger partial charge in [-0.25, -0.2) is 4.79 Å². The molecular weight excluding hydrogens is 132 g/mol. The maximum Gasteiger partial charge on any atom is 0.330 e. The molecule has 0 spiro atoms. The highest BCUT2D eigenvalue weighted by molar-refractivity contribution is 7.82. The first-order valence-corrected chi connectivity index (χ1v) is 2.60. The smallest absolute Gasteiger partial charge is 0.330 e. The SMILES string of the molecule is CC(S)C(=O)OS. The molecule has 0 rings (SSSR count). The van der Waals surface area contributed by atoms with Crippen LogP contribution in [0, 0.1) is 0 Å². The molecule has 2 nitrogen and oxygen atoms in total. The Bertz CT molecular complexity index is 71.3. The monoisotopic (exact) mass is 138 g/mol. The van der Waals surface area contributed by atoms with Crippen molar-refractivity contribution < 1.29 is 8.98 Å². The van der Waals surface area contributed by atoms with Crippen molar-refractivity contribution in [1.82, 2.24) is 0 Å². The van der Waals surface area contributed by atoms with Gasteiger partial charge in [-0.1, -0.05) is 0 Å². The molecule has 0 radical (unpaired) electrons. The van der Waals surface area contributed by atoms with Crippen LogP contribution in [0.15, 0.2) is 0 Å². The van der Waals surface area contributed by atoms with Crippen molar-refractivity contribution >= 4 is 31.5 Å². The summed E-state index contributed by atoms with van der Waals surface area (Å²) in [5.74, 6) is -0.424. The van der Waals surface area contributed by atoms with Gasteiger partial charge in [0.1, 0.15) is 0 Å². The third-order valence-corrected chi connectivity index (χ3v) is 0.822. The van der Waals surface area contributed by atoms with Crippen LogP contribution in [0.4, 0.5) is 0 Å². The fourth-order valence-corrected chi connectivity index (χ4v) is 0.370. The first-order valence-electron chi connectivity index (χ1n) is 1.72. The summed E-state index contributed by atoms with van der Waals surface area (Å²) in [7, 11) is 0. The van der Waals surface area contributed by atoms with Crippen molar-refractivity contribution in [2.24, 2.45) is 0 Å². The minimum Gasteiger partial charge on any atom is -0.394 e. The average molecular weight is 138 g/mol. The molecule has 0 aromatic carbocycles. The Hall–Kier alpha value is 0.170. The fraction of sp³-hybridized carbons (Fsp3) is 0.667. The lowest BCUT2D eigenvalue weighted by molar-refractivity contribution is -0.131. The molecule has 0 fully saturated rings. The van der Waals surface area contributed by atoms with Gasteiger partial charge < -0.3 is 4.18 Å². The summed E-state index contributed by atoms with van der Waals surface area (Å²) in [5.41, 5.74) is 0. The molecule has 0 N–H and O–H groups in total. The van der Waals surface area contributed by atoms with Crippen molar-refractivity contribution in [1.29, 1.82) is 0 Å². The Morgan fingerprint density at radius 2 is 2.29 bits per heavy atom. The van der Waals surface area contributed by atoms with Crippen LogP contribution in [-0.2, 0) is 8.98 Å². The van der Waals surface area contributed by atoms with Gasteiger partial charge in [0, 0.05) is 12.9 Å². The summed E-state index contributed by atoms with van der Waals surface area (Å²) in [6.45, 7) is 1.61. The van der Waals surface area contributed by atoms with Gasteiger partial charge in [-0.3, -0.25) is 0 Å². The summed E-state index contributed by atoms with van der Waals surface area (Å²) in [5, 5.41) is -0.377. The molecule has 0 bridgehead atoms. The second kappa shape index (κ2) is 3.21. The zero-order valence-corrected chi connectivity index (χ0v) is 5.58. The van der Waals surface area contributed by atoms with E-state index in [4.69, 9.17) is 0 Å². The number of thiol groups is 2. The third-order valence-electron chi connectivity index (χ3n) is 0.431. The summed E-state index contributed by atoms with van der Waals surface area (Å²) >= 11 is 7.01. The number of carbonyl (C=O) groups excluding carboxylic acids is 1. The molecule has 0 aliphatic heterocycles. The van der Waals surface area contributed by atoms with Crippen LogP contribution in [0.2, 0.25) is 0 Å². The molecule has 7 heavy (non-hydrogen) atoms. The maximum atomic E-state index is 10.1. The van der Waals surface area contributed by atoms with E-state index in [1.165, 1.54) is 0 Å². The van der Waals surface area contributed by atoms with Gasteiger partial charge in [0.2, 0.25) is 0 Å². The van der Waals surface area contributed by atoms with E-state index in [0.717, 1.165) is 0 Å². The Balaban J connectivity index is 3.35. The van der Waals surface area contributed by atoms with E-state index in [2.05, 4.69) is 29.7 Å². The minimum absolute atomic E-state index is 0.377. The summed E-state index contributed by atoms with van der Waals surface area (Å²) < 4.78 is 3.99. The quantitative estimate of drug-likeness (QED) is 0.412. The van der Waals surface area contributed by atoms with Crippen LogP contribution in [0.3, 0.4) is 0 Å². The van der Waals surface area contributed by atoms with Crippen molar-refractivity contribution in [2.75, 3.05) is 0 Å². The molecule has 0 aliphatic rings. The molecule has 0 aromatic rings. The number of hydrogen-bond donors (Lipinski definition) is 2. The van der Waals surface area contributed by atoms with Crippen molar-refractivity contribution in [3.63, 3.8) is 0 Å². The van der Waals surface area contributed by atoms with Crippen molar-refractivity contribution in [3.05, 3.63) is 0 Å². The Kier molecular flexibility index (Phi) is 3.29. The van der Waals surface area contributed by atoms with Gasteiger partial charge in [-0.2, -0.15) is 12.6 Å². The fourth-order valence-electron chi connectivity index (χ4n) is 0.0763. The van der Waals surface area contributed by atoms with Crippen LogP contribution in [0.1, 0.15) is 6.92 Å². The van der Waals surface area contributed by atoms with Gasteiger partial charge >= 0.3 is 5.97 Å². The normalized spacial score (nSPS) is 13.0. The molecule has 0 aromatic heterocycles. The molecule has 1 atom stereocenters. The van der Waals surface area contributed by atoms with E-state index in [-0.39, 0.29) is 5.25 Å². The predicted molar refractivity (Wildman–Crippen MR) is 33.5 cm³/mol. The summed E-state index contributed by atoms with van der Waals surface area (Å²) in [4.78, 5) is 10.1. The average Bonchev–Trinajstić information content (AvgIpc) is 1.65. The lowest BCUT2D eigenvalue weighted by Crippen LogP contribution is -2.08. The molecule has 0 saturated carbocycles. The highest BCUT2D eigenvalue weighted by Crippen LogP contribution is 1.96. The number of hydrogen-bond acceptors (Lipinski definition) is 4. The lowest BCUT2D eigenvalue weighted by Gasteiger charge is -1.95. The zero-order chi connectivity index (χ0) is 5.86. The molecule has 0 amide bonds. The summed E-state index contributed by atoms with van der Waals surface area (Å²) in [6.07, 6.45) is 0. The first kappa shape index (κ1) is 7.17. The van der Waals surface area contributed by atoms with E-state index >= 15 is 0 Å². The predicted octanol–water partition coefficient (Wildman–Crippen LogP) is 0.693. The van der Waals surface area contributed by atoms with Crippen LogP contribution in [-0.4, -0.2) is 11.2 Å². The topological polar surface area (TPSA) is 26.3 Å². The van der Waals surface area contributed by atoms with Gasteiger partial charge in [0.15, 0.2) is 0 Å². The molecule has 4 heteroatoms. The van der Waals surface area contributed by atoms with E-state index in [1.807, 2.05) is 0 Å². The summed E-state index contributed by atoms with van der Waals surface area (Å²) in [6, 6.07) is 0.